The molecule has 10 nitrogen and oxygen atoms in total. The molecule has 1 aromatic heterocycles. The highest BCUT2D eigenvalue weighted by molar-refractivity contribution is 5.93. The highest BCUT2D eigenvalue weighted by Crippen LogP contribution is 2.01. The minimum absolute atomic E-state index is 0.00372. The predicted molar refractivity (Wildman–Crippen MR) is 89.3 cm³/mol. The summed E-state index contributed by atoms with van der Waals surface area (Å²) < 4.78 is 0. The molecule has 2 heterocycles. The Morgan fingerprint density at radius 3 is 2.52 bits per heavy atom. The Bertz CT molecular complexity index is 588. The molecule has 0 unspecified atom stereocenters. The van der Waals surface area contributed by atoms with Gasteiger partial charge in [0.2, 0.25) is 5.91 Å². The summed E-state index contributed by atoms with van der Waals surface area (Å²) in [6.45, 7) is 5.17. The molecule has 0 bridgehead atoms. The van der Waals surface area contributed by atoms with Crippen LogP contribution in [0.2, 0.25) is 0 Å². The van der Waals surface area contributed by atoms with Crippen LogP contribution in [0.25, 0.3) is 0 Å². The molecule has 1 saturated heterocycles. The average Bonchev–Trinajstić information content (AvgIpc) is 2.65. The number of urea groups is 1. The van der Waals surface area contributed by atoms with Gasteiger partial charge in [-0.1, -0.05) is 6.92 Å². The van der Waals surface area contributed by atoms with Gasteiger partial charge < -0.3 is 10.2 Å². The second-order valence-corrected chi connectivity index (χ2v) is 5.59. The zero-order valence-corrected chi connectivity index (χ0v) is 14.2. The largest absolute Gasteiger partial charge is 0.355 e. The van der Waals surface area contributed by atoms with Gasteiger partial charge in [0, 0.05) is 45.1 Å². The van der Waals surface area contributed by atoms with E-state index in [1.807, 2.05) is 11.8 Å². The fourth-order valence-corrected chi connectivity index (χ4v) is 2.30. The summed E-state index contributed by atoms with van der Waals surface area (Å²) in [6, 6.07) is -0.396. The molecule has 2 rings (SSSR count). The van der Waals surface area contributed by atoms with Crippen LogP contribution in [-0.4, -0.2) is 76.9 Å². The summed E-state index contributed by atoms with van der Waals surface area (Å²) in [6.07, 6.45) is 5.06. The molecular weight excluding hydrogens is 326 g/mol. The molecule has 25 heavy (non-hydrogen) atoms. The first-order chi connectivity index (χ1) is 12.1. The highest BCUT2D eigenvalue weighted by atomic mass is 16.2. The second-order valence-electron chi connectivity index (χ2n) is 5.59. The maximum absolute atomic E-state index is 12.1. The fraction of sp³-hybridized carbons (Fsp3) is 0.533. The zero-order valence-electron chi connectivity index (χ0n) is 14.2. The third-order valence-corrected chi connectivity index (χ3v) is 3.68. The Balaban J connectivity index is 1.69. The van der Waals surface area contributed by atoms with Gasteiger partial charge in [0.05, 0.1) is 12.7 Å². The molecule has 3 N–H and O–H groups in total. The van der Waals surface area contributed by atoms with Gasteiger partial charge in [-0.25, -0.2) is 15.2 Å². The number of carbonyl (C=O) groups excluding carboxylic acids is 3. The van der Waals surface area contributed by atoms with E-state index in [9.17, 15) is 14.4 Å². The molecular formula is C15H23N7O3. The molecule has 4 amide bonds. The highest BCUT2D eigenvalue weighted by Gasteiger charge is 2.22. The lowest BCUT2D eigenvalue weighted by Crippen LogP contribution is -2.56. The number of carbonyl (C=O) groups is 3. The van der Waals surface area contributed by atoms with Crippen molar-refractivity contribution >= 4 is 17.8 Å². The van der Waals surface area contributed by atoms with Gasteiger partial charge in [-0.05, 0) is 6.42 Å². The average molecular weight is 349 g/mol. The van der Waals surface area contributed by atoms with Crippen LogP contribution in [0.15, 0.2) is 18.6 Å². The molecule has 136 valence electrons. The standard InChI is InChI=1S/C15H23N7O3/c1-2-3-18-13(23)11-21-6-8-22(9-7-21)15(25)20-19-14(24)12-10-16-4-5-17-12/h4-5,10H,2-3,6-9,11H2,1H3,(H,18,23)(H,19,24)(H,20,25). The summed E-state index contributed by atoms with van der Waals surface area (Å²) in [4.78, 5) is 46.8. The summed E-state index contributed by atoms with van der Waals surface area (Å²) >= 11 is 0. The predicted octanol–water partition coefficient (Wildman–Crippen LogP) is -1.03. The molecule has 0 spiro atoms. The van der Waals surface area contributed by atoms with E-state index >= 15 is 0 Å². The SMILES string of the molecule is CCCNC(=O)CN1CCN(C(=O)NNC(=O)c2cnccn2)CC1. The van der Waals surface area contributed by atoms with Crippen LogP contribution in [0.3, 0.4) is 0 Å². The first kappa shape index (κ1) is 18.6. The molecule has 0 radical (unpaired) electrons. The Labute approximate surface area is 146 Å². The van der Waals surface area contributed by atoms with Crippen LogP contribution in [-0.2, 0) is 4.79 Å². The normalized spacial score (nSPS) is 14.7. The first-order valence-corrected chi connectivity index (χ1v) is 8.20. The van der Waals surface area contributed by atoms with Crippen molar-refractivity contribution in [3.8, 4) is 0 Å². The van der Waals surface area contributed by atoms with Crippen molar-refractivity contribution in [3.63, 3.8) is 0 Å². The number of amides is 4. The van der Waals surface area contributed by atoms with Crippen molar-refractivity contribution in [2.24, 2.45) is 0 Å². The summed E-state index contributed by atoms with van der Waals surface area (Å²) in [5.41, 5.74) is 4.77. The molecule has 0 atom stereocenters. The van der Waals surface area contributed by atoms with E-state index in [1.165, 1.54) is 18.6 Å². The molecule has 1 aliphatic heterocycles. The van der Waals surface area contributed by atoms with Crippen LogP contribution >= 0.6 is 0 Å². The first-order valence-electron chi connectivity index (χ1n) is 8.20. The quantitative estimate of drug-likeness (QED) is 0.585. The van der Waals surface area contributed by atoms with Crippen LogP contribution in [0.5, 0.6) is 0 Å². The number of nitrogens with one attached hydrogen (secondary N) is 3. The molecule has 0 aromatic carbocycles. The molecule has 0 aliphatic carbocycles. The monoisotopic (exact) mass is 349 g/mol. The number of hydrazine groups is 1. The van der Waals surface area contributed by atoms with E-state index < -0.39 is 11.9 Å². The number of hydrogen-bond acceptors (Lipinski definition) is 6. The van der Waals surface area contributed by atoms with Gasteiger partial charge in [0.25, 0.3) is 5.91 Å². The van der Waals surface area contributed by atoms with Gasteiger partial charge in [0.15, 0.2) is 0 Å². The summed E-state index contributed by atoms with van der Waals surface area (Å²) in [5, 5.41) is 2.83. The topological polar surface area (TPSA) is 120 Å². The van der Waals surface area contributed by atoms with E-state index in [1.54, 1.807) is 4.90 Å². The minimum atomic E-state index is -0.535. The van der Waals surface area contributed by atoms with Gasteiger partial charge in [-0.3, -0.25) is 24.9 Å². The lowest BCUT2D eigenvalue weighted by Gasteiger charge is -2.34. The van der Waals surface area contributed by atoms with E-state index in [0.29, 0.717) is 39.3 Å². The van der Waals surface area contributed by atoms with E-state index in [4.69, 9.17) is 0 Å². The number of rotatable bonds is 5. The van der Waals surface area contributed by atoms with Crippen LogP contribution < -0.4 is 16.2 Å². The number of hydrogen-bond donors (Lipinski definition) is 3. The van der Waals surface area contributed by atoms with E-state index in [-0.39, 0.29) is 11.6 Å². The van der Waals surface area contributed by atoms with Crippen molar-refractivity contribution in [2.75, 3.05) is 39.3 Å². The third-order valence-electron chi connectivity index (χ3n) is 3.68. The Morgan fingerprint density at radius 1 is 1.12 bits per heavy atom. The van der Waals surface area contributed by atoms with Crippen molar-refractivity contribution in [3.05, 3.63) is 24.3 Å². The smallest absolute Gasteiger partial charge is 0.336 e. The lowest BCUT2D eigenvalue weighted by atomic mass is 10.3. The van der Waals surface area contributed by atoms with E-state index in [2.05, 4.69) is 26.1 Å². The number of piperazine rings is 1. The summed E-state index contributed by atoms with van der Waals surface area (Å²) in [7, 11) is 0. The van der Waals surface area contributed by atoms with E-state index in [0.717, 1.165) is 6.42 Å². The Kier molecular flexibility index (Phi) is 7.08. The van der Waals surface area contributed by atoms with Gasteiger partial charge in [-0.2, -0.15) is 0 Å². The maximum Gasteiger partial charge on any atom is 0.336 e. The zero-order chi connectivity index (χ0) is 18.1. The Morgan fingerprint density at radius 2 is 1.88 bits per heavy atom. The molecule has 1 aliphatic rings. The molecule has 1 fully saturated rings. The van der Waals surface area contributed by atoms with Crippen LogP contribution in [0.1, 0.15) is 23.8 Å². The van der Waals surface area contributed by atoms with Crippen molar-refractivity contribution < 1.29 is 14.4 Å². The Hall–Kier alpha value is -2.75. The fourth-order valence-electron chi connectivity index (χ4n) is 2.30. The lowest BCUT2D eigenvalue weighted by molar-refractivity contribution is -0.122. The molecule has 10 heteroatoms. The van der Waals surface area contributed by atoms with Crippen LogP contribution in [0, 0.1) is 0 Å². The molecule has 1 aromatic rings. The van der Waals surface area contributed by atoms with Gasteiger partial charge in [0.1, 0.15) is 5.69 Å². The number of nitrogens with zero attached hydrogens (tertiary/aromatic N) is 4. The second kappa shape index (κ2) is 9.52. The van der Waals surface area contributed by atoms with Crippen molar-refractivity contribution in [1.82, 2.24) is 35.9 Å². The maximum atomic E-state index is 12.1. The van der Waals surface area contributed by atoms with Crippen molar-refractivity contribution in [2.45, 2.75) is 13.3 Å². The number of aromatic nitrogens is 2. The van der Waals surface area contributed by atoms with Crippen molar-refractivity contribution in [1.29, 1.82) is 0 Å². The molecule has 0 saturated carbocycles. The third kappa shape index (κ3) is 5.99. The van der Waals surface area contributed by atoms with Gasteiger partial charge >= 0.3 is 6.03 Å². The van der Waals surface area contributed by atoms with Crippen LogP contribution in [0.4, 0.5) is 4.79 Å². The summed E-state index contributed by atoms with van der Waals surface area (Å²) in [5.74, 6) is -0.538. The van der Waals surface area contributed by atoms with Gasteiger partial charge in [-0.15, -0.1) is 0 Å². The minimum Gasteiger partial charge on any atom is -0.355 e.